The topological polar surface area (TPSA) is 35.2 Å². The van der Waals surface area contributed by atoms with Crippen LogP contribution in [0.4, 0.5) is 0 Å². The van der Waals surface area contributed by atoms with Crippen molar-refractivity contribution in [2.75, 3.05) is 6.61 Å². The van der Waals surface area contributed by atoms with Crippen LogP contribution in [0.5, 0.6) is 5.75 Å². The van der Waals surface area contributed by atoms with Crippen LogP contribution in [0.2, 0.25) is 0 Å². The lowest BCUT2D eigenvalue weighted by Gasteiger charge is -2.42. The molecule has 3 atom stereocenters. The maximum atomic E-state index is 6.78. The van der Waals surface area contributed by atoms with Crippen LogP contribution in [0.3, 0.4) is 0 Å². The zero-order valence-electron chi connectivity index (χ0n) is 11.4. The Morgan fingerprint density at radius 3 is 2.94 bits per heavy atom. The van der Waals surface area contributed by atoms with Gasteiger partial charge in [0.25, 0.3) is 0 Å². The van der Waals surface area contributed by atoms with Gasteiger partial charge in [0, 0.05) is 17.5 Å². The highest BCUT2D eigenvalue weighted by Gasteiger charge is 2.41. The lowest BCUT2D eigenvalue weighted by Crippen LogP contribution is -2.46. The minimum Gasteiger partial charge on any atom is -0.493 e. The number of hydrogen-bond acceptors (Lipinski definition) is 2. The van der Waals surface area contributed by atoms with Gasteiger partial charge in [0.2, 0.25) is 0 Å². The van der Waals surface area contributed by atoms with E-state index in [0.29, 0.717) is 5.92 Å². The molecule has 3 rings (SSSR count). The van der Waals surface area contributed by atoms with Crippen molar-refractivity contribution in [1.29, 1.82) is 0 Å². The van der Waals surface area contributed by atoms with E-state index in [2.05, 4.69) is 32.0 Å². The van der Waals surface area contributed by atoms with E-state index >= 15 is 0 Å². The third-order valence-electron chi connectivity index (χ3n) is 4.90. The molecule has 3 unspecified atom stereocenters. The molecule has 0 saturated heterocycles. The van der Waals surface area contributed by atoms with Gasteiger partial charge in [-0.15, -0.1) is 0 Å². The number of para-hydroxylation sites is 1. The molecule has 18 heavy (non-hydrogen) atoms. The second-order valence-corrected chi connectivity index (χ2v) is 6.21. The molecule has 1 aromatic carbocycles. The lowest BCUT2D eigenvalue weighted by atomic mass is 9.67. The van der Waals surface area contributed by atoms with Gasteiger partial charge < -0.3 is 10.5 Å². The Kier molecular flexibility index (Phi) is 2.86. The van der Waals surface area contributed by atoms with Crippen LogP contribution in [-0.4, -0.2) is 6.61 Å². The van der Waals surface area contributed by atoms with Crippen LogP contribution >= 0.6 is 0 Å². The summed E-state index contributed by atoms with van der Waals surface area (Å²) in [6, 6.07) is 6.49. The Balaban J connectivity index is 2.01. The van der Waals surface area contributed by atoms with Gasteiger partial charge in [-0.1, -0.05) is 32.0 Å². The standard InChI is InChI=1S/C16H23NO/c1-11-6-8-16(17,12(2)10-11)14-5-3-4-13-7-9-18-15(13)14/h3-5,11-12H,6-10,17H2,1-2H3. The normalized spacial score (nSPS) is 35.1. The Labute approximate surface area is 110 Å². The van der Waals surface area contributed by atoms with Crippen molar-refractivity contribution < 1.29 is 4.74 Å². The van der Waals surface area contributed by atoms with Crippen LogP contribution in [0.25, 0.3) is 0 Å². The molecule has 98 valence electrons. The monoisotopic (exact) mass is 245 g/mol. The largest absolute Gasteiger partial charge is 0.493 e. The highest BCUT2D eigenvalue weighted by molar-refractivity contribution is 5.48. The van der Waals surface area contributed by atoms with Crippen LogP contribution in [0.15, 0.2) is 18.2 Å². The van der Waals surface area contributed by atoms with E-state index in [0.717, 1.165) is 31.1 Å². The van der Waals surface area contributed by atoms with E-state index in [4.69, 9.17) is 10.5 Å². The predicted octanol–water partition coefficient (Wildman–Crippen LogP) is 3.23. The molecule has 2 nitrogen and oxygen atoms in total. The molecule has 1 heterocycles. The Morgan fingerprint density at radius 1 is 1.33 bits per heavy atom. The molecule has 2 N–H and O–H groups in total. The summed E-state index contributed by atoms with van der Waals surface area (Å²) in [6.45, 7) is 5.44. The summed E-state index contributed by atoms with van der Waals surface area (Å²) in [5.41, 5.74) is 9.17. The number of ether oxygens (including phenoxy) is 1. The van der Waals surface area contributed by atoms with Gasteiger partial charge in [-0.3, -0.25) is 0 Å². The Bertz CT molecular complexity index is 456. The molecule has 0 radical (unpaired) electrons. The Hall–Kier alpha value is -1.02. The summed E-state index contributed by atoms with van der Waals surface area (Å²) in [5, 5.41) is 0. The molecule has 1 fully saturated rings. The minimum atomic E-state index is -0.192. The van der Waals surface area contributed by atoms with E-state index in [-0.39, 0.29) is 5.54 Å². The van der Waals surface area contributed by atoms with Gasteiger partial charge in [0.05, 0.1) is 6.61 Å². The Morgan fingerprint density at radius 2 is 2.17 bits per heavy atom. The van der Waals surface area contributed by atoms with Gasteiger partial charge >= 0.3 is 0 Å². The fraction of sp³-hybridized carbons (Fsp3) is 0.625. The summed E-state index contributed by atoms with van der Waals surface area (Å²) in [7, 11) is 0. The van der Waals surface area contributed by atoms with Crippen molar-refractivity contribution in [3.63, 3.8) is 0 Å². The van der Waals surface area contributed by atoms with Crippen molar-refractivity contribution in [3.05, 3.63) is 29.3 Å². The van der Waals surface area contributed by atoms with Crippen molar-refractivity contribution >= 4 is 0 Å². The first-order chi connectivity index (χ1) is 8.61. The number of fused-ring (bicyclic) bond motifs is 1. The number of hydrogen-bond donors (Lipinski definition) is 1. The molecule has 1 aromatic rings. The van der Waals surface area contributed by atoms with E-state index in [1.54, 1.807) is 0 Å². The molecule has 0 aromatic heterocycles. The molecule has 0 bridgehead atoms. The summed E-state index contributed by atoms with van der Waals surface area (Å²) < 4.78 is 5.84. The third kappa shape index (κ3) is 1.74. The molecular weight excluding hydrogens is 222 g/mol. The first kappa shape index (κ1) is 12.0. The maximum Gasteiger partial charge on any atom is 0.127 e. The van der Waals surface area contributed by atoms with Crippen molar-refractivity contribution in [2.24, 2.45) is 17.6 Å². The van der Waals surface area contributed by atoms with Crippen molar-refractivity contribution in [2.45, 2.75) is 45.1 Å². The van der Waals surface area contributed by atoms with E-state index in [1.807, 2.05) is 0 Å². The SMILES string of the molecule is CC1CCC(N)(c2cccc3c2OCC3)C(C)C1. The summed E-state index contributed by atoms with van der Waals surface area (Å²) in [5.74, 6) is 2.41. The fourth-order valence-corrected chi connectivity index (χ4v) is 3.65. The van der Waals surface area contributed by atoms with Gasteiger partial charge in [0.15, 0.2) is 0 Å². The molecule has 1 aliphatic heterocycles. The molecule has 1 saturated carbocycles. The van der Waals surface area contributed by atoms with E-state index in [1.165, 1.54) is 24.0 Å². The first-order valence-corrected chi connectivity index (χ1v) is 7.15. The molecular formula is C16H23NO. The minimum absolute atomic E-state index is 0.192. The highest BCUT2D eigenvalue weighted by Crippen LogP contribution is 2.46. The van der Waals surface area contributed by atoms with Gasteiger partial charge in [-0.05, 0) is 36.7 Å². The summed E-state index contributed by atoms with van der Waals surface area (Å²) in [4.78, 5) is 0. The van der Waals surface area contributed by atoms with Crippen LogP contribution in [-0.2, 0) is 12.0 Å². The smallest absolute Gasteiger partial charge is 0.127 e. The van der Waals surface area contributed by atoms with E-state index in [9.17, 15) is 0 Å². The maximum absolute atomic E-state index is 6.78. The number of rotatable bonds is 1. The number of nitrogens with two attached hydrogens (primary N) is 1. The van der Waals surface area contributed by atoms with Crippen molar-refractivity contribution in [1.82, 2.24) is 0 Å². The average Bonchev–Trinajstić information content (AvgIpc) is 2.82. The van der Waals surface area contributed by atoms with Crippen LogP contribution < -0.4 is 10.5 Å². The summed E-state index contributed by atoms with van der Waals surface area (Å²) >= 11 is 0. The second-order valence-electron chi connectivity index (χ2n) is 6.21. The second kappa shape index (κ2) is 4.27. The molecule has 0 spiro atoms. The van der Waals surface area contributed by atoms with Gasteiger partial charge in [0.1, 0.15) is 5.75 Å². The molecule has 0 amide bonds. The fourth-order valence-electron chi connectivity index (χ4n) is 3.65. The average molecular weight is 245 g/mol. The van der Waals surface area contributed by atoms with Gasteiger partial charge in [-0.2, -0.15) is 0 Å². The van der Waals surface area contributed by atoms with Crippen molar-refractivity contribution in [3.8, 4) is 5.75 Å². The highest BCUT2D eigenvalue weighted by atomic mass is 16.5. The first-order valence-electron chi connectivity index (χ1n) is 7.15. The third-order valence-corrected chi connectivity index (χ3v) is 4.90. The van der Waals surface area contributed by atoms with Gasteiger partial charge in [-0.25, -0.2) is 0 Å². The van der Waals surface area contributed by atoms with Crippen LogP contribution in [0, 0.1) is 11.8 Å². The lowest BCUT2D eigenvalue weighted by molar-refractivity contribution is 0.160. The quantitative estimate of drug-likeness (QED) is 0.824. The van der Waals surface area contributed by atoms with Crippen LogP contribution in [0.1, 0.15) is 44.2 Å². The zero-order valence-corrected chi connectivity index (χ0v) is 11.4. The summed E-state index contributed by atoms with van der Waals surface area (Å²) in [6.07, 6.45) is 4.56. The molecule has 2 heteroatoms. The molecule has 2 aliphatic rings. The predicted molar refractivity (Wildman–Crippen MR) is 73.7 cm³/mol. The van der Waals surface area contributed by atoms with E-state index < -0.39 is 0 Å². The number of benzene rings is 1. The molecule has 1 aliphatic carbocycles. The zero-order chi connectivity index (χ0) is 12.8.